The van der Waals surface area contributed by atoms with Crippen molar-refractivity contribution in [2.45, 2.75) is 19.0 Å². The summed E-state index contributed by atoms with van der Waals surface area (Å²) < 4.78 is 4.42. The maximum atomic E-state index is 5.89. The van der Waals surface area contributed by atoms with E-state index in [1.807, 2.05) is 24.4 Å². The molecule has 2 atom stereocenters. The molecule has 5 aromatic rings. The van der Waals surface area contributed by atoms with Crippen LogP contribution >= 0.6 is 39.5 Å². The highest BCUT2D eigenvalue weighted by Crippen LogP contribution is 2.43. The maximum absolute atomic E-state index is 5.89. The molecule has 34 heavy (non-hydrogen) atoms. The van der Waals surface area contributed by atoms with E-state index in [1.165, 1.54) is 4.70 Å². The van der Waals surface area contributed by atoms with Crippen LogP contribution in [0, 0.1) is 6.92 Å². The Morgan fingerprint density at radius 3 is 2.68 bits per heavy atom. The van der Waals surface area contributed by atoms with Crippen LogP contribution in [0.4, 0.5) is 5.69 Å². The number of hydrogen-bond acceptors (Lipinski definition) is 4. The lowest BCUT2D eigenvalue weighted by atomic mass is 10.0. The molecule has 4 heterocycles. The van der Waals surface area contributed by atoms with Crippen molar-refractivity contribution in [2.75, 3.05) is 4.90 Å². The Labute approximate surface area is 215 Å². The van der Waals surface area contributed by atoms with Crippen molar-refractivity contribution in [1.29, 1.82) is 0 Å². The molecular weight excluding hydrogens is 526 g/mol. The van der Waals surface area contributed by atoms with E-state index < -0.39 is 0 Å². The van der Waals surface area contributed by atoms with Crippen LogP contribution in [0.1, 0.15) is 29.0 Å². The van der Waals surface area contributed by atoms with Crippen LogP contribution < -0.4 is 10.2 Å². The van der Waals surface area contributed by atoms with Gasteiger partial charge in [-0.15, -0.1) is 0 Å². The standard InChI is InChI=1S/C26H20BrN5S2/c1-16-15-17(11-12-18(16)27)32-24(23(30-25(32)33)20-8-4-5-13-28-20)21-9-6-14-31(21)26-29-19-7-2-3-10-22(19)34-26/h2-15,23-24H,1H3,(H,30,33). The molecule has 2 aromatic carbocycles. The van der Waals surface area contributed by atoms with Gasteiger partial charge in [0.15, 0.2) is 10.2 Å². The Kier molecular flexibility index (Phi) is 5.44. The highest BCUT2D eigenvalue weighted by Gasteiger charge is 2.42. The molecule has 0 aliphatic carbocycles. The summed E-state index contributed by atoms with van der Waals surface area (Å²) in [5.74, 6) is 0. The first-order valence-corrected chi connectivity index (χ1v) is 12.9. The number of benzene rings is 2. The van der Waals surface area contributed by atoms with Crippen LogP contribution in [-0.2, 0) is 0 Å². The van der Waals surface area contributed by atoms with Gasteiger partial charge in [0.25, 0.3) is 0 Å². The van der Waals surface area contributed by atoms with Crippen molar-refractivity contribution >= 4 is 60.5 Å². The molecule has 1 fully saturated rings. The van der Waals surface area contributed by atoms with Crippen molar-refractivity contribution in [3.8, 4) is 5.13 Å². The largest absolute Gasteiger partial charge is 0.351 e. The zero-order chi connectivity index (χ0) is 23.2. The highest BCUT2D eigenvalue weighted by atomic mass is 79.9. The average Bonchev–Trinajstić information content (AvgIpc) is 3.57. The monoisotopic (exact) mass is 545 g/mol. The summed E-state index contributed by atoms with van der Waals surface area (Å²) in [4.78, 5) is 11.8. The molecular formula is C26H20BrN5S2. The molecule has 1 N–H and O–H groups in total. The SMILES string of the molecule is Cc1cc(N2C(=S)NC(c3ccccn3)C2c2cccn2-c2nc3ccccc3s2)ccc1Br. The number of fused-ring (bicyclic) bond motifs is 1. The lowest BCUT2D eigenvalue weighted by Gasteiger charge is -2.29. The highest BCUT2D eigenvalue weighted by molar-refractivity contribution is 9.10. The van der Waals surface area contributed by atoms with Gasteiger partial charge in [-0.3, -0.25) is 9.55 Å². The number of nitrogens with one attached hydrogen (secondary N) is 1. The Morgan fingerprint density at radius 2 is 1.88 bits per heavy atom. The minimum atomic E-state index is -0.110. The van der Waals surface area contributed by atoms with Gasteiger partial charge in [-0.2, -0.15) is 0 Å². The minimum Gasteiger partial charge on any atom is -0.351 e. The molecule has 1 aliphatic rings. The number of rotatable bonds is 4. The number of hydrogen-bond donors (Lipinski definition) is 1. The van der Waals surface area contributed by atoms with E-state index in [1.54, 1.807) is 11.3 Å². The Morgan fingerprint density at radius 1 is 1.03 bits per heavy atom. The van der Waals surface area contributed by atoms with E-state index in [0.717, 1.165) is 37.8 Å². The molecule has 8 heteroatoms. The number of thiazole rings is 1. The Bertz CT molecular complexity index is 1480. The Hall–Kier alpha value is -3.07. The van der Waals surface area contributed by atoms with Crippen molar-refractivity contribution in [2.24, 2.45) is 0 Å². The Balaban J connectivity index is 1.52. The molecule has 0 saturated carbocycles. The van der Waals surface area contributed by atoms with E-state index in [9.17, 15) is 0 Å². The van der Waals surface area contributed by atoms with Crippen LogP contribution in [-0.4, -0.2) is 19.6 Å². The number of nitrogens with zero attached hydrogens (tertiary/aromatic N) is 4. The van der Waals surface area contributed by atoms with Crippen LogP contribution in [0.5, 0.6) is 0 Å². The molecule has 0 amide bonds. The third-order valence-corrected chi connectivity index (χ3v) is 8.33. The molecule has 6 rings (SSSR count). The summed E-state index contributed by atoms with van der Waals surface area (Å²) in [6, 6.07) is 24.6. The van der Waals surface area contributed by atoms with Gasteiger partial charge in [0.05, 0.1) is 27.6 Å². The molecule has 0 radical (unpaired) electrons. The van der Waals surface area contributed by atoms with Crippen LogP contribution in [0.3, 0.4) is 0 Å². The van der Waals surface area contributed by atoms with Gasteiger partial charge in [0.2, 0.25) is 0 Å². The van der Waals surface area contributed by atoms with Crippen LogP contribution in [0.2, 0.25) is 0 Å². The van der Waals surface area contributed by atoms with Crippen molar-refractivity contribution in [3.05, 3.63) is 107 Å². The summed E-state index contributed by atoms with van der Waals surface area (Å²) in [5, 5.41) is 5.17. The first-order chi connectivity index (χ1) is 16.6. The normalized spacial score (nSPS) is 17.9. The molecule has 0 bridgehead atoms. The number of anilines is 1. The third kappa shape index (κ3) is 3.62. The summed E-state index contributed by atoms with van der Waals surface area (Å²) in [6.45, 7) is 2.09. The second-order valence-electron chi connectivity index (χ2n) is 8.20. The zero-order valence-corrected chi connectivity index (χ0v) is 21.4. The number of aromatic nitrogens is 3. The van der Waals surface area contributed by atoms with Gasteiger partial charge >= 0.3 is 0 Å². The third-order valence-electron chi connectivity index (χ3n) is 6.09. The fraction of sp³-hybridized carbons (Fsp3) is 0.115. The van der Waals surface area contributed by atoms with Crippen molar-refractivity contribution < 1.29 is 0 Å². The number of pyridine rings is 1. The number of para-hydroxylation sites is 1. The van der Waals surface area contributed by atoms with E-state index in [2.05, 4.69) is 103 Å². The van der Waals surface area contributed by atoms with E-state index >= 15 is 0 Å². The molecule has 1 aliphatic heterocycles. The lowest BCUT2D eigenvalue weighted by molar-refractivity contribution is 0.549. The quantitative estimate of drug-likeness (QED) is 0.253. The van der Waals surface area contributed by atoms with E-state index in [-0.39, 0.29) is 12.1 Å². The summed E-state index contributed by atoms with van der Waals surface area (Å²) in [6.07, 6.45) is 3.91. The van der Waals surface area contributed by atoms with Gasteiger partial charge in [-0.25, -0.2) is 4.98 Å². The maximum Gasteiger partial charge on any atom is 0.194 e. The van der Waals surface area contributed by atoms with Gasteiger partial charge in [0, 0.05) is 22.6 Å². The topological polar surface area (TPSA) is 46.0 Å². The molecule has 5 nitrogen and oxygen atoms in total. The summed E-state index contributed by atoms with van der Waals surface area (Å²) in [7, 11) is 0. The van der Waals surface area contributed by atoms with Crippen LogP contribution in [0.15, 0.2) is 89.7 Å². The minimum absolute atomic E-state index is 0.106. The number of aryl methyl sites for hydroxylation is 1. The second kappa shape index (κ2) is 8.61. The van der Waals surface area contributed by atoms with Crippen LogP contribution in [0.25, 0.3) is 15.3 Å². The zero-order valence-electron chi connectivity index (χ0n) is 18.2. The average molecular weight is 547 g/mol. The van der Waals surface area contributed by atoms with Gasteiger partial charge < -0.3 is 10.2 Å². The van der Waals surface area contributed by atoms with Crippen molar-refractivity contribution in [3.63, 3.8) is 0 Å². The molecule has 168 valence electrons. The van der Waals surface area contributed by atoms with Gasteiger partial charge in [-0.1, -0.05) is 45.5 Å². The first-order valence-electron chi connectivity index (χ1n) is 10.9. The second-order valence-corrected chi connectivity index (χ2v) is 10.4. The fourth-order valence-electron chi connectivity index (χ4n) is 4.48. The number of halogens is 1. The number of thiocarbonyl (C=S) groups is 1. The molecule has 0 spiro atoms. The van der Waals surface area contributed by atoms with Gasteiger partial charge in [0.1, 0.15) is 6.04 Å². The summed E-state index contributed by atoms with van der Waals surface area (Å²) in [5.41, 5.74) is 5.25. The summed E-state index contributed by atoms with van der Waals surface area (Å²) >= 11 is 11.2. The first kappa shape index (κ1) is 21.5. The lowest BCUT2D eigenvalue weighted by Crippen LogP contribution is -2.30. The van der Waals surface area contributed by atoms with E-state index in [0.29, 0.717) is 5.11 Å². The van der Waals surface area contributed by atoms with Crippen molar-refractivity contribution in [1.82, 2.24) is 19.9 Å². The molecule has 2 unspecified atom stereocenters. The fourth-order valence-corrected chi connectivity index (χ4v) is 6.05. The van der Waals surface area contributed by atoms with Gasteiger partial charge in [-0.05, 0) is 79.3 Å². The molecule has 1 saturated heterocycles. The smallest absolute Gasteiger partial charge is 0.194 e. The molecule has 3 aromatic heterocycles. The predicted octanol–water partition coefficient (Wildman–Crippen LogP) is 6.73. The van der Waals surface area contributed by atoms with E-state index in [4.69, 9.17) is 17.2 Å². The predicted molar refractivity (Wildman–Crippen MR) is 146 cm³/mol.